The molecular formula is C14H23N3. The van der Waals surface area contributed by atoms with Gasteiger partial charge in [0.25, 0.3) is 0 Å². The Labute approximate surface area is 104 Å². The minimum absolute atomic E-state index is 0.548. The zero-order valence-electron chi connectivity index (χ0n) is 10.7. The SMILES string of the molecule is CC1CCCCC1n1cncc1[C@@H]1CCCN1. The van der Waals surface area contributed by atoms with Gasteiger partial charge in [-0.3, -0.25) is 0 Å². The lowest BCUT2D eigenvalue weighted by molar-refractivity contribution is 0.249. The minimum Gasteiger partial charge on any atom is -0.330 e. The second-order valence-corrected chi connectivity index (χ2v) is 5.70. The molecule has 3 heteroatoms. The normalized spacial score (nSPS) is 34.1. The summed E-state index contributed by atoms with van der Waals surface area (Å²) in [6.45, 7) is 3.56. The maximum atomic E-state index is 4.40. The summed E-state index contributed by atoms with van der Waals surface area (Å²) in [6, 6.07) is 1.23. The number of nitrogens with zero attached hydrogens (tertiary/aromatic N) is 2. The molecule has 0 bridgehead atoms. The number of rotatable bonds is 2. The molecule has 0 aromatic carbocycles. The molecule has 1 aromatic heterocycles. The summed E-state index contributed by atoms with van der Waals surface area (Å²) < 4.78 is 2.47. The van der Waals surface area contributed by atoms with Gasteiger partial charge in [-0.25, -0.2) is 4.98 Å². The predicted octanol–water partition coefficient (Wildman–Crippen LogP) is 3.06. The van der Waals surface area contributed by atoms with Crippen LogP contribution < -0.4 is 5.32 Å². The van der Waals surface area contributed by atoms with E-state index < -0.39 is 0 Å². The second-order valence-electron chi connectivity index (χ2n) is 5.70. The van der Waals surface area contributed by atoms with E-state index in [2.05, 4.69) is 34.3 Å². The van der Waals surface area contributed by atoms with Crippen molar-refractivity contribution in [2.75, 3.05) is 6.54 Å². The largest absolute Gasteiger partial charge is 0.330 e. The lowest BCUT2D eigenvalue weighted by atomic mass is 9.85. The summed E-state index contributed by atoms with van der Waals surface area (Å²) in [5.41, 5.74) is 1.42. The monoisotopic (exact) mass is 233 g/mol. The molecule has 0 radical (unpaired) electrons. The third-order valence-electron chi connectivity index (χ3n) is 4.54. The average molecular weight is 233 g/mol. The fourth-order valence-corrected chi connectivity index (χ4v) is 3.51. The molecule has 3 atom stereocenters. The van der Waals surface area contributed by atoms with Crippen LogP contribution in [0.1, 0.15) is 63.2 Å². The molecule has 2 heterocycles. The third-order valence-corrected chi connectivity index (χ3v) is 4.54. The topological polar surface area (TPSA) is 29.9 Å². The molecule has 2 aliphatic rings. The molecule has 0 amide bonds. The second kappa shape index (κ2) is 4.81. The molecule has 1 N–H and O–H groups in total. The molecule has 3 rings (SSSR count). The van der Waals surface area contributed by atoms with Crippen molar-refractivity contribution in [2.45, 2.75) is 57.5 Å². The van der Waals surface area contributed by atoms with Crippen molar-refractivity contribution in [2.24, 2.45) is 5.92 Å². The maximum absolute atomic E-state index is 4.40. The standard InChI is InChI=1S/C14H23N3/c1-11-5-2-3-7-13(11)17-10-15-9-14(17)12-6-4-8-16-12/h9-13,16H,2-8H2,1H3/t11?,12-,13?/m0/s1. The van der Waals surface area contributed by atoms with Gasteiger partial charge in [-0.1, -0.05) is 19.8 Å². The van der Waals surface area contributed by atoms with E-state index in [1.165, 1.54) is 44.2 Å². The van der Waals surface area contributed by atoms with Crippen LogP contribution in [-0.4, -0.2) is 16.1 Å². The van der Waals surface area contributed by atoms with Gasteiger partial charge in [0.15, 0.2) is 0 Å². The summed E-state index contributed by atoms with van der Waals surface area (Å²) in [5.74, 6) is 0.804. The molecule has 1 aromatic rings. The minimum atomic E-state index is 0.548. The van der Waals surface area contributed by atoms with Gasteiger partial charge in [-0.15, -0.1) is 0 Å². The van der Waals surface area contributed by atoms with Gasteiger partial charge in [-0.2, -0.15) is 0 Å². The summed E-state index contributed by atoms with van der Waals surface area (Å²) >= 11 is 0. The molecule has 1 aliphatic carbocycles. The Balaban J connectivity index is 1.84. The van der Waals surface area contributed by atoms with Crippen LogP contribution in [0.15, 0.2) is 12.5 Å². The summed E-state index contributed by atoms with van der Waals surface area (Å²) in [7, 11) is 0. The van der Waals surface area contributed by atoms with Gasteiger partial charge < -0.3 is 9.88 Å². The highest BCUT2D eigenvalue weighted by Gasteiger charge is 2.27. The molecule has 94 valence electrons. The van der Waals surface area contributed by atoms with Crippen LogP contribution in [0, 0.1) is 5.92 Å². The van der Waals surface area contributed by atoms with Gasteiger partial charge >= 0.3 is 0 Å². The first kappa shape index (κ1) is 11.3. The van der Waals surface area contributed by atoms with Crippen LogP contribution >= 0.6 is 0 Å². The Kier molecular flexibility index (Phi) is 3.19. The van der Waals surface area contributed by atoms with Gasteiger partial charge in [0, 0.05) is 18.3 Å². The van der Waals surface area contributed by atoms with Crippen LogP contribution in [0.25, 0.3) is 0 Å². The highest BCUT2D eigenvalue weighted by molar-refractivity contribution is 5.09. The Bertz CT molecular complexity index is 365. The number of nitrogens with one attached hydrogen (secondary N) is 1. The van der Waals surface area contributed by atoms with Crippen LogP contribution in [0.3, 0.4) is 0 Å². The smallest absolute Gasteiger partial charge is 0.0951 e. The Morgan fingerprint density at radius 1 is 1.24 bits per heavy atom. The van der Waals surface area contributed by atoms with Crippen molar-refractivity contribution in [3.05, 3.63) is 18.2 Å². The lowest BCUT2D eigenvalue weighted by Gasteiger charge is -2.32. The molecule has 1 saturated carbocycles. The quantitative estimate of drug-likeness (QED) is 0.851. The summed E-state index contributed by atoms with van der Waals surface area (Å²) in [5, 5.41) is 3.59. The van der Waals surface area contributed by atoms with E-state index >= 15 is 0 Å². The van der Waals surface area contributed by atoms with Gasteiger partial charge in [0.05, 0.1) is 12.0 Å². The first-order valence-electron chi connectivity index (χ1n) is 7.11. The number of hydrogen-bond donors (Lipinski definition) is 1. The van der Waals surface area contributed by atoms with Crippen LogP contribution in [0.5, 0.6) is 0 Å². The van der Waals surface area contributed by atoms with Gasteiger partial charge in [-0.05, 0) is 38.1 Å². The first-order chi connectivity index (χ1) is 8.36. The summed E-state index contributed by atoms with van der Waals surface area (Å²) in [6.07, 6.45) is 12.2. The zero-order chi connectivity index (χ0) is 11.7. The van der Waals surface area contributed by atoms with Gasteiger partial charge in [0.2, 0.25) is 0 Å². The van der Waals surface area contributed by atoms with Crippen LogP contribution in [-0.2, 0) is 0 Å². The highest BCUT2D eigenvalue weighted by atomic mass is 15.1. The highest BCUT2D eigenvalue weighted by Crippen LogP contribution is 2.36. The molecular weight excluding hydrogens is 210 g/mol. The van der Waals surface area contributed by atoms with Gasteiger partial charge in [0.1, 0.15) is 0 Å². The van der Waals surface area contributed by atoms with E-state index in [4.69, 9.17) is 0 Å². The molecule has 17 heavy (non-hydrogen) atoms. The van der Waals surface area contributed by atoms with E-state index in [0.717, 1.165) is 12.5 Å². The number of imidazole rings is 1. The first-order valence-corrected chi connectivity index (χ1v) is 7.11. The Hall–Kier alpha value is -0.830. The van der Waals surface area contributed by atoms with Crippen molar-refractivity contribution >= 4 is 0 Å². The van der Waals surface area contributed by atoms with E-state index in [9.17, 15) is 0 Å². The Morgan fingerprint density at radius 3 is 2.88 bits per heavy atom. The molecule has 1 aliphatic heterocycles. The third kappa shape index (κ3) is 2.13. The van der Waals surface area contributed by atoms with E-state index in [1.807, 2.05) is 0 Å². The zero-order valence-corrected chi connectivity index (χ0v) is 10.7. The number of hydrogen-bond acceptors (Lipinski definition) is 2. The molecule has 0 spiro atoms. The van der Waals surface area contributed by atoms with Crippen molar-refractivity contribution in [3.8, 4) is 0 Å². The Morgan fingerprint density at radius 2 is 2.12 bits per heavy atom. The maximum Gasteiger partial charge on any atom is 0.0951 e. The fraction of sp³-hybridized carbons (Fsp3) is 0.786. The van der Waals surface area contributed by atoms with E-state index in [0.29, 0.717) is 12.1 Å². The van der Waals surface area contributed by atoms with Crippen molar-refractivity contribution in [3.63, 3.8) is 0 Å². The van der Waals surface area contributed by atoms with E-state index in [-0.39, 0.29) is 0 Å². The molecule has 2 fully saturated rings. The van der Waals surface area contributed by atoms with Crippen molar-refractivity contribution in [1.29, 1.82) is 0 Å². The molecule has 1 saturated heterocycles. The average Bonchev–Trinajstić information content (AvgIpc) is 3.00. The lowest BCUT2D eigenvalue weighted by Crippen LogP contribution is -2.25. The fourth-order valence-electron chi connectivity index (χ4n) is 3.51. The predicted molar refractivity (Wildman–Crippen MR) is 68.9 cm³/mol. The van der Waals surface area contributed by atoms with Crippen molar-refractivity contribution in [1.82, 2.24) is 14.9 Å². The van der Waals surface area contributed by atoms with Crippen LogP contribution in [0.4, 0.5) is 0 Å². The van der Waals surface area contributed by atoms with Crippen LogP contribution in [0.2, 0.25) is 0 Å². The number of aromatic nitrogens is 2. The summed E-state index contributed by atoms with van der Waals surface area (Å²) in [4.78, 5) is 4.40. The molecule has 3 nitrogen and oxygen atoms in total. The van der Waals surface area contributed by atoms with E-state index in [1.54, 1.807) is 0 Å². The molecule has 2 unspecified atom stereocenters. The van der Waals surface area contributed by atoms with Crippen molar-refractivity contribution < 1.29 is 0 Å².